The molecule has 0 unspecified atom stereocenters. The Morgan fingerprint density at radius 3 is 2.67 bits per heavy atom. The van der Waals surface area contributed by atoms with Crippen molar-refractivity contribution in [3.63, 3.8) is 0 Å². The Labute approximate surface area is 102 Å². The average molecular weight is 263 g/mol. The SMILES string of the molecule is CCOC(=O)Cc1nc(F)cc(OC)c1C(F)F. The molecule has 0 bridgehead atoms. The van der Waals surface area contributed by atoms with Crippen molar-refractivity contribution in [2.75, 3.05) is 13.7 Å². The molecule has 0 spiro atoms. The first-order valence-corrected chi connectivity index (χ1v) is 5.16. The van der Waals surface area contributed by atoms with Crippen molar-refractivity contribution >= 4 is 5.97 Å². The van der Waals surface area contributed by atoms with Crippen LogP contribution in [-0.4, -0.2) is 24.7 Å². The van der Waals surface area contributed by atoms with Gasteiger partial charge in [-0.3, -0.25) is 4.79 Å². The van der Waals surface area contributed by atoms with Gasteiger partial charge in [0.1, 0.15) is 5.75 Å². The van der Waals surface area contributed by atoms with E-state index in [0.717, 1.165) is 13.2 Å². The number of alkyl halides is 2. The van der Waals surface area contributed by atoms with E-state index in [1.807, 2.05) is 0 Å². The number of pyridine rings is 1. The maximum absolute atomic E-state index is 13.1. The monoisotopic (exact) mass is 263 g/mol. The third-order valence-electron chi connectivity index (χ3n) is 2.12. The van der Waals surface area contributed by atoms with E-state index in [1.165, 1.54) is 0 Å². The Balaban J connectivity index is 3.15. The normalized spacial score (nSPS) is 10.6. The van der Waals surface area contributed by atoms with Gasteiger partial charge in [-0.05, 0) is 6.92 Å². The topological polar surface area (TPSA) is 48.4 Å². The Bertz CT molecular complexity index is 438. The van der Waals surface area contributed by atoms with Crippen LogP contribution < -0.4 is 4.74 Å². The second-order valence-corrected chi connectivity index (χ2v) is 3.29. The first-order valence-electron chi connectivity index (χ1n) is 5.16. The Morgan fingerprint density at radius 1 is 1.50 bits per heavy atom. The predicted octanol–water partition coefficient (Wildman–Crippen LogP) is 2.27. The molecule has 0 saturated heterocycles. The molecule has 0 N–H and O–H groups in total. The summed E-state index contributed by atoms with van der Waals surface area (Å²) in [6, 6.07) is 0.746. The molecule has 0 fully saturated rings. The minimum Gasteiger partial charge on any atom is -0.496 e. The molecule has 1 aromatic heterocycles. The van der Waals surface area contributed by atoms with Crippen LogP contribution in [0.3, 0.4) is 0 Å². The first kappa shape index (κ1) is 14.3. The summed E-state index contributed by atoms with van der Waals surface area (Å²) < 4.78 is 48.1. The summed E-state index contributed by atoms with van der Waals surface area (Å²) in [7, 11) is 1.13. The largest absolute Gasteiger partial charge is 0.496 e. The van der Waals surface area contributed by atoms with Crippen LogP contribution in [0.4, 0.5) is 13.2 Å². The summed E-state index contributed by atoms with van der Waals surface area (Å²) in [5, 5.41) is 0. The fourth-order valence-electron chi connectivity index (χ4n) is 1.44. The Kier molecular flexibility index (Phi) is 4.94. The lowest BCUT2D eigenvalue weighted by Crippen LogP contribution is -2.13. The summed E-state index contributed by atoms with van der Waals surface area (Å²) in [6.45, 7) is 1.68. The molecule has 1 aromatic rings. The van der Waals surface area contributed by atoms with E-state index >= 15 is 0 Å². The van der Waals surface area contributed by atoms with Gasteiger partial charge in [0.15, 0.2) is 0 Å². The summed E-state index contributed by atoms with van der Waals surface area (Å²) in [5.74, 6) is -2.08. The van der Waals surface area contributed by atoms with E-state index in [4.69, 9.17) is 0 Å². The maximum atomic E-state index is 13.1. The van der Waals surface area contributed by atoms with E-state index in [2.05, 4.69) is 14.5 Å². The van der Waals surface area contributed by atoms with E-state index in [9.17, 15) is 18.0 Å². The van der Waals surface area contributed by atoms with Crippen LogP contribution in [0.5, 0.6) is 5.75 Å². The molecule has 4 nitrogen and oxygen atoms in total. The van der Waals surface area contributed by atoms with Gasteiger partial charge in [0.25, 0.3) is 6.43 Å². The lowest BCUT2D eigenvalue weighted by atomic mass is 10.1. The van der Waals surface area contributed by atoms with Crippen molar-refractivity contribution in [3.05, 3.63) is 23.3 Å². The highest BCUT2D eigenvalue weighted by molar-refractivity contribution is 5.72. The zero-order chi connectivity index (χ0) is 13.7. The summed E-state index contributed by atoms with van der Waals surface area (Å²) in [5.41, 5.74) is -0.966. The van der Waals surface area contributed by atoms with Gasteiger partial charge in [-0.15, -0.1) is 0 Å². The smallest absolute Gasteiger partial charge is 0.311 e. The predicted molar refractivity (Wildman–Crippen MR) is 56.0 cm³/mol. The van der Waals surface area contributed by atoms with Crippen molar-refractivity contribution in [3.8, 4) is 5.75 Å². The number of methoxy groups -OCH3 is 1. The highest BCUT2D eigenvalue weighted by Gasteiger charge is 2.23. The fraction of sp³-hybridized carbons (Fsp3) is 0.455. The van der Waals surface area contributed by atoms with Crippen molar-refractivity contribution in [2.45, 2.75) is 19.8 Å². The second-order valence-electron chi connectivity index (χ2n) is 3.29. The molecule has 100 valence electrons. The van der Waals surface area contributed by atoms with Gasteiger partial charge in [0, 0.05) is 6.07 Å². The van der Waals surface area contributed by atoms with E-state index in [1.54, 1.807) is 6.92 Å². The summed E-state index contributed by atoms with van der Waals surface area (Å²) in [6.07, 6.45) is -3.45. The summed E-state index contributed by atoms with van der Waals surface area (Å²) >= 11 is 0. The molecule has 0 amide bonds. The fourth-order valence-corrected chi connectivity index (χ4v) is 1.44. The highest BCUT2D eigenvalue weighted by atomic mass is 19.3. The number of hydrogen-bond acceptors (Lipinski definition) is 4. The third-order valence-corrected chi connectivity index (χ3v) is 2.12. The van der Waals surface area contributed by atoms with Crippen LogP contribution >= 0.6 is 0 Å². The Morgan fingerprint density at radius 2 is 2.17 bits per heavy atom. The Hall–Kier alpha value is -1.79. The molecule has 0 saturated carbocycles. The molecule has 0 aliphatic heterocycles. The molecule has 1 heterocycles. The van der Waals surface area contributed by atoms with Crippen molar-refractivity contribution in [1.29, 1.82) is 0 Å². The van der Waals surface area contributed by atoms with Gasteiger partial charge in [-0.2, -0.15) is 4.39 Å². The molecule has 1 rings (SSSR count). The first-order chi connectivity index (χ1) is 8.49. The number of nitrogens with zero attached hydrogens (tertiary/aromatic N) is 1. The van der Waals surface area contributed by atoms with E-state index in [0.29, 0.717) is 0 Å². The van der Waals surface area contributed by atoms with Gasteiger partial charge >= 0.3 is 5.97 Å². The number of rotatable bonds is 5. The third kappa shape index (κ3) is 3.35. The van der Waals surface area contributed by atoms with E-state index < -0.39 is 30.3 Å². The molecule has 18 heavy (non-hydrogen) atoms. The minimum absolute atomic E-state index is 0.106. The molecular formula is C11H12F3NO3. The lowest BCUT2D eigenvalue weighted by Gasteiger charge is -2.12. The summed E-state index contributed by atoms with van der Waals surface area (Å²) in [4.78, 5) is 14.5. The number of carbonyl (C=O) groups is 1. The van der Waals surface area contributed by atoms with Gasteiger partial charge in [0.2, 0.25) is 5.95 Å². The van der Waals surface area contributed by atoms with Gasteiger partial charge in [-0.25, -0.2) is 13.8 Å². The van der Waals surface area contributed by atoms with Crippen LogP contribution in [0.1, 0.15) is 24.6 Å². The van der Waals surface area contributed by atoms with Crippen LogP contribution in [0.25, 0.3) is 0 Å². The number of carbonyl (C=O) groups excluding carboxylic acids is 1. The van der Waals surface area contributed by atoms with Crippen LogP contribution in [0, 0.1) is 5.95 Å². The molecule has 0 atom stereocenters. The van der Waals surface area contributed by atoms with Gasteiger partial charge in [-0.1, -0.05) is 0 Å². The second kappa shape index (κ2) is 6.23. The van der Waals surface area contributed by atoms with Gasteiger partial charge in [0.05, 0.1) is 31.4 Å². The zero-order valence-electron chi connectivity index (χ0n) is 9.87. The average Bonchev–Trinajstić information content (AvgIpc) is 2.27. The highest BCUT2D eigenvalue weighted by Crippen LogP contribution is 2.32. The van der Waals surface area contributed by atoms with Crippen molar-refractivity contribution in [2.24, 2.45) is 0 Å². The standard InChI is InChI=1S/C11H12F3NO3/c1-3-18-9(16)4-6-10(11(13)14)7(17-2)5-8(12)15-6/h5,11H,3-4H2,1-2H3. The van der Waals surface area contributed by atoms with Crippen LogP contribution in [-0.2, 0) is 16.0 Å². The number of esters is 1. The van der Waals surface area contributed by atoms with E-state index in [-0.39, 0.29) is 18.1 Å². The molecule has 0 radical (unpaired) electrons. The minimum atomic E-state index is -2.92. The van der Waals surface area contributed by atoms with Crippen LogP contribution in [0.2, 0.25) is 0 Å². The molecule has 7 heteroatoms. The molecule has 0 aromatic carbocycles. The number of hydrogen-bond donors (Lipinski definition) is 0. The molecular weight excluding hydrogens is 251 g/mol. The number of halogens is 3. The molecule has 0 aliphatic rings. The zero-order valence-corrected chi connectivity index (χ0v) is 9.87. The number of aromatic nitrogens is 1. The number of ether oxygens (including phenoxy) is 2. The molecule has 0 aliphatic carbocycles. The maximum Gasteiger partial charge on any atom is 0.311 e. The van der Waals surface area contributed by atoms with Gasteiger partial charge < -0.3 is 9.47 Å². The van der Waals surface area contributed by atoms with Crippen molar-refractivity contribution in [1.82, 2.24) is 4.98 Å². The quantitative estimate of drug-likeness (QED) is 0.604. The van der Waals surface area contributed by atoms with Crippen LogP contribution in [0.15, 0.2) is 6.07 Å². The van der Waals surface area contributed by atoms with Crippen molar-refractivity contribution < 1.29 is 27.4 Å². The lowest BCUT2D eigenvalue weighted by molar-refractivity contribution is -0.142.